The lowest BCUT2D eigenvalue weighted by Gasteiger charge is -2.29. The van der Waals surface area contributed by atoms with Crippen molar-refractivity contribution < 1.29 is 0 Å². The van der Waals surface area contributed by atoms with E-state index in [2.05, 4.69) is 38.6 Å². The Hall–Kier alpha value is -2.11. The summed E-state index contributed by atoms with van der Waals surface area (Å²) in [6.45, 7) is 4.00. The summed E-state index contributed by atoms with van der Waals surface area (Å²) < 4.78 is 0. The first-order valence-corrected chi connectivity index (χ1v) is 9.55. The molecule has 0 amide bonds. The van der Waals surface area contributed by atoms with Gasteiger partial charge in [0.2, 0.25) is 5.95 Å². The average molecular weight is 370 g/mol. The smallest absolute Gasteiger partial charge is 0.224 e. The highest BCUT2D eigenvalue weighted by molar-refractivity contribution is 6.32. The maximum atomic E-state index is 6.32. The van der Waals surface area contributed by atoms with Gasteiger partial charge in [0.05, 0.1) is 0 Å². The van der Waals surface area contributed by atoms with Crippen molar-refractivity contribution >= 4 is 35.0 Å². The van der Waals surface area contributed by atoms with Crippen molar-refractivity contribution in [2.45, 2.75) is 12.8 Å². The summed E-state index contributed by atoms with van der Waals surface area (Å²) in [5, 5.41) is 7.57. The fraction of sp³-hybridized carbons (Fsp3) is 0.400. The van der Waals surface area contributed by atoms with Gasteiger partial charge in [-0.15, -0.1) is 0 Å². The first-order chi connectivity index (χ1) is 12.7. The van der Waals surface area contributed by atoms with Gasteiger partial charge in [-0.3, -0.25) is 0 Å². The zero-order valence-electron chi connectivity index (χ0n) is 15.0. The first kappa shape index (κ1) is 17.3. The summed E-state index contributed by atoms with van der Waals surface area (Å²) >= 11 is 6.32. The number of halogens is 1. The number of hydrogen-bond donors (Lipinski definition) is 2. The second-order valence-corrected chi connectivity index (χ2v) is 7.54. The van der Waals surface area contributed by atoms with Crippen LogP contribution in [0.5, 0.6) is 0 Å². The lowest BCUT2D eigenvalue weighted by Crippen LogP contribution is -2.33. The van der Waals surface area contributed by atoms with Gasteiger partial charge in [-0.25, -0.2) is 4.98 Å². The first-order valence-electron chi connectivity index (χ1n) is 9.18. The molecule has 2 N–H and O–H groups in total. The Balaban J connectivity index is 1.44. The minimum absolute atomic E-state index is 0.699. The third kappa shape index (κ3) is 3.84. The Bertz CT molecular complexity index is 812. The molecule has 1 fully saturated rings. The van der Waals surface area contributed by atoms with Gasteiger partial charge in [-0.1, -0.05) is 29.8 Å². The molecule has 0 spiro atoms. The van der Waals surface area contributed by atoms with Crippen molar-refractivity contribution in [3.8, 4) is 0 Å². The molecule has 2 aliphatic rings. The van der Waals surface area contributed by atoms with Crippen LogP contribution in [0.2, 0.25) is 5.02 Å². The predicted octanol–water partition coefficient (Wildman–Crippen LogP) is 3.85. The second kappa shape index (κ2) is 7.64. The van der Waals surface area contributed by atoms with E-state index in [1.54, 1.807) is 0 Å². The minimum Gasteiger partial charge on any atom is -0.365 e. The van der Waals surface area contributed by atoms with Gasteiger partial charge < -0.3 is 15.5 Å². The van der Waals surface area contributed by atoms with Gasteiger partial charge in [0, 0.05) is 29.9 Å². The highest BCUT2D eigenvalue weighted by Gasteiger charge is 2.18. The monoisotopic (exact) mass is 369 g/mol. The van der Waals surface area contributed by atoms with Crippen LogP contribution in [0.3, 0.4) is 0 Å². The normalized spacial score (nSPS) is 18.0. The second-order valence-electron chi connectivity index (χ2n) is 7.13. The number of benzene rings is 1. The van der Waals surface area contributed by atoms with Crippen molar-refractivity contribution in [2.24, 2.45) is 5.92 Å². The van der Waals surface area contributed by atoms with Crippen molar-refractivity contribution in [3.05, 3.63) is 46.6 Å². The molecular formula is C20H24ClN5. The Morgan fingerprint density at radius 2 is 2.08 bits per heavy atom. The molecule has 136 valence electrons. The number of hydrogen-bond acceptors (Lipinski definition) is 5. The molecule has 3 heterocycles. The molecule has 26 heavy (non-hydrogen) atoms. The zero-order valence-corrected chi connectivity index (χ0v) is 15.8. The largest absolute Gasteiger partial charge is 0.365 e. The minimum atomic E-state index is 0.699. The highest BCUT2D eigenvalue weighted by Crippen LogP contribution is 2.31. The van der Waals surface area contributed by atoms with Gasteiger partial charge >= 0.3 is 0 Å². The van der Waals surface area contributed by atoms with Crippen LogP contribution >= 0.6 is 11.6 Å². The van der Waals surface area contributed by atoms with E-state index in [9.17, 15) is 0 Å². The van der Waals surface area contributed by atoms with E-state index >= 15 is 0 Å². The van der Waals surface area contributed by atoms with Crippen LogP contribution in [0.1, 0.15) is 24.0 Å². The van der Waals surface area contributed by atoms with Gasteiger partial charge in [-0.05, 0) is 62.2 Å². The van der Waals surface area contributed by atoms with Crippen molar-refractivity contribution in [2.75, 3.05) is 43.9 Å². The number of fused-ring (bicyclic) bond motifs is 1. The Morgan fingerprint density at radius 3 is 2.88 bits per heavy atom. The molecule has 0 aliphatic carbocycles. The van der Waals surface area contributed by atoms with Crippen LogP contribution in [0.4, 0.5) is 11.8 Å². The molecule has 1 saturated heterocycles. The third-order valence-electron chi connectivity index (χ3n) is 5.20. The molecular weight excluding hydrogens is 346 g/mol. The van der Waals surface area contributed by atoms with Crippen LogP contribution in [-0.4, -0.2) is 48.1 Å². The molecule has 0 radical (unpaired) electrons. The number of piperidine rings is 1. The van der Waals surface area contributed by atoms with Crippen LogP contribution in [0.25, 0.3) is 11.6 Å². The zero-order chi connectivity index (χ0) is 17.9. The molecule has 2 aromatic rings. The SMILES string of the molecule is CN1CCC(CNc2ncc3c(n2)NCC(c2ccccc2Cl)=C3)CC1. The number of anilines is 2. The van der Waals surface area contributed by atoms with Crippen molar-refractivity contribution in [1.29, 1.82) is 0 Å². The van der Waals surface area contributed by atoms with E-state index in [1.165, 1.54) is 25.9 Å². The molecule has 5 nitrogen and oxygen atoms in total. The van der Waals surface area contributed by atoms with Crippen LogP contribution in [0.15, 0.2) is 30.5 Å². The average Bonchev–Trinajstić information content (AvgIpc) is 2.67. The fourth-order valence-corrected chi connectivity index (χ4v) is 3.79. The van der Waals surface area contributed by atoms with Crippen molar-refractivity contribution in [3.63, 3.8) is 0 Å². The summed E-state index contributed by atoms with van der Waals surface area (Å²) in [5.41, 5.74) is 3.20. The fourth-order valence-electron chi connectivity index (χ4n) is 3.54. The number of nitrogens with one attached hydrogen (secondary N) is 2. The third-order valence-corrected chi connectivity index (χ3v) is 5.53. The lowest BCUT2D eigenvalue weighted by molar-refractivity contribution is 0.226. The summed E-state index contributed by atoms with van der Waals surface area (Å²) in [6, 6.07) is 7.91. The van der Waals surface area contributed by atoms with Gasteiger partial charge in [0.25, 0.3) is 0 Å². The number of nitrogens with zero attached hydrogens (tertiary/aromatic N) is 3. The molecule has 1 aromatic carbocycles. The molecule has 0 bridgehead atoms. The van der Waals surface area contributed by atoms with Crippen LogP contribution in [-0.2, 0) is 0 Å². The summed E-state index contributed by atoms with van der Waals surface area (Å²) in [6.07, 6.45) is 6.46. The molecule has 6 heteroatoms. The summed E-state index contributed by atoms with van der Waals surface area (Å²) in [4.78, 5) is 11.5. The van der Waals surface area contributed by atoms with E-state index in [1.807, 2.05) is 30.5 Å². The Kier molecular flexibility index (Phi) is 5.09. The quantitative estimate of drug-likeness (QED) is 0.857. The topological polar surface area (TPSA) is 53.1 Å². The maximum Gasteiger partial charge on any atom is 0.224 e. The van der Waals surface area contributed by atoms with Gasteiger partial charge in [-0.2, -0.15) is 4.98 Å². The molecule has 0 unspecified atom stereocenters. The van der Waals surface area contributed by atoms with Crippen molar-refractivity contribution in [1.82, 2.24) is 14.9 Å². The molecule has 0 atom stereocenters. The Labute approximate surface area is 159 Å². The van der Waals surface area contributed by atoms with E-state index in [0.717, 1.165) is 34.1 Å². The maximum absolute atomic E-state index is 6.32. The summed E-state index contributed by atoms with van der Waals surface area (Å²) in [7, 11) is 2.19. The number of rotatable bonds is 4. The predicted molar refractivity (Wildman–Crippen MR) is 109 cm³/mol. The number of likely N-dealkylation sites (tertiary alicyclic amines) is 1. The van der Waals surface area contributed by atoms with Gasteiger partial charge in [0.15, 0.2) is 0 Å². The van der Waals surface area contributed by atoms with E-state index in [4.69, 9.17) is 11.6 Å². The van der Waals surface area contributed by atoms with E-state index < -0.39 is 0 Å². The van der Waals surface area contributed by atoms with E-state index in [-0.39, 0.29) is 0 Å². The van der Waals surface area contributed by atoms with Crippen LogP contribution in [0, 0.1) is 5.92 Å². The summed E-state index contributed by atoms with van der Waals surface area (Å²) in [5.74, 6) is 2.27. The van der Waals surface area contributed by atoms with Gasteiger partial charge in [0.1, 0.15) is 5.82 Å². The van der Waals surface area contributed by atoms with Crippen LogP contribution < -0.4 is 10.6 Å². The van der Waals surface area contributed by atoms with E-state index in [0.29, 0.717) is 18.4 Å². The molecule has 1 aromatic heterocycles. The standard InChI is InChI=1S/C20H24ClN5/c1-26-8-6-14(7-9-26)11-23-20-24-13-16-10-15(12-22-19(16)25-20)17-4-2-3-5-18(17)21/h2-5,10,13-14H,6-9,11-12H2,1H3,(H2,22,23,24,25). The Morgan fingerprint density at radius 1 is 1.27 bits per heavy atom. The molecule has 2 aliphatic heterocycles. The highest BCUT2D eigenvalue weighted by atomic mass is 35.5. The molecule has 4 rings (SSSR count). The molecule has 0 saturated carbocycles. The number of aromatic nitrogens is 2. The lowest BCUT2D eigenvalue weighted by atomic mass is 9.97.